The SMILES string of the molecule is COc1cccc(-c2nc3cc(Cl)cnc3n2C2CCNCC2)c1. The van der Waals surface area contributed by atoms with Crippen LogP contribution in [0.4, 0.5) is 0 Å². The van der Waals surface area contributed by atoms with Crippen molar-refractivity contribution in [2.75, 3.05) is 20.2 Å². The molecule has 124 valence electrons. The molecule has 1 N–H and O–H groups in total. The molecule has 1 aromatic carbocycles. The minimum atomic E-state index is 0.381. The standard InChI is InChI=1S/C18H19ClN4O/c1-24-15-4-2-3-12(9-15)17-22-16-10-13(19)11-21-18(16)23(17)14-5-7-20-8-6-14/h2-4,9-11,14,20H,5-8H2,1H3. The summed E-state index contributed by atoms with van der Waals surface area (Å²) in [6.07, 6.45) is 3.82. The van der Waals surface area contributed by atoms with E-state index in [2.05, 4.69) is 20.9 Å². The Labute approximate surface area is 145 Å². The fourth-order valence-electron chi connectivity index (χ4n) is 3.33. The lowest BCUT2D eigenvalue weighted by Crippen LogP contribution is -2.29. The molecule has 24 heavy (non-hydrogen) atoms. The van der Waals surface area contributed by atoms with Crippen LogP contribution in [0.25, 0.3) is 22.6 Å². The van der Waals surface area contributed by atoms with Gasteiger partial charge in [-0.2, -0.15) is 0 Å². The molecule has 1 fully saturated rings. The van der Waals surface area contributed by atoms with Gasteiger partial charge in [-0.25, -0.2) is 9.97 Å². The Morgan fingerprint density at radius 2 is 2.08 bits per heavy atom. The Morgan fingerprint density at radius 3 is 2.88 bits per heavy atom. The van der Waals surface area contributed by atoms with Gasteiger partial charge >= 0.3 is 0 Å². The van der Waals surface area contributed by atoms with Crippen molar-refractivity contribution in [3.8, 4) is 17.1 Å². The monoisotopic (exact) mass is 342 g/mol. The van der Waals surface area contributed by atoms with Crippen LogP contribution in [0.15, 0.2) is 36.5 Å². The van der Waals surface area contributed by atoms with Crippen molar-refractivity contribution in [2.24, 2.45) is 0 Å². The first-order valence-electron chi connectivity index (χ1n) is 8.15. The molecule has 4 rings (SSSR count). The number of fused-ring (bicyclic) bond motifs is 1. The maximum Gasteiger partial charge on any atom is 0.160 e. The van der Waals surface area contributed by atoms with E-state index in [0.29, 0.717) is 11.1 Å². The smallest absolute Gasteiger partial charge is 0.160 e. The molecule has 0 amide bonds. The van der Waals surface area contributed by atoms with Crippen LogP contribution in [-0.4, -0.2) is 34.7 Å². The van der Waals surface area contributed by atoms with Crippen molar-refractivity contribution in [3.05, 3.63) is 41.6 Å². The highest BCUT2D eigenvalue weighted by atomic mass is 35.5. The molecular weight excluding hydrogens is 324 g/mol. The topological polar surface area (TPSA) is 52.0 Å². The van der Waals surface area contributed by atoms with Gasteiger partial charge in [0.2, 0.25) is 0 Å². The van der Waals surface area contributed by atoms with Gasteiger partial charge in [0.1, 0.15) is 17.1 Å². The fourth-order valence-corrected chi connectivity index (χ4v) is 3.49. The van der Waals surface area contributed by atoms with Crippen molar-refractivity contribution in [3.63, 3.8) is 0 Å². The molecule has 5 nitrogen and oxygen atoms in total. The summed E-state index contributed by atoms with van der Waals surface area (Å²) in [7, 11) is 1.68. The van der Waals surface area contributed by atoms with Crippen LogP contribution >= 0.6 is 11.6 Å². The molecule has 0 radical (unpaired) electrons. The number of methoxy groups -OCH3 is 1. The highest BCUT2D eigenvalue weighted by Gasteiger charge is 2.23. The maximum absolute atomic E-state index is 6.12. The van der Waals surface area contributed by atoms with Gasteiger partial charge < -0.3 is 14.6 Å². The van der Waals surface area contributed by atoms with Crippen LogP contribution in [0.5, 0.6) is 5.75 Å². The van der Waals surface area contributed by atoms with Gasteiger partial charge in [0.05, 0.1) is 12.1 Å². The third-order valence-electron chi connectivity index (χ3n) is 4.50. The summed E-state index contributed by atoms with van der Waals surface area (Å²) in [4.78, 5) is 9.40. The molecule has 0 saturated carbocycles. The number of pyridine rings is 1. The minimum absolute atomic E-state index is 0.381. The second-order valence-corrected chi connectivity index (χ2v) is 6.45. The van der Waals surface area contributed by atoms with Gasteiger partial charge in [0.15, 0.2) is 5.65 Å². The number of nitrogens with one attached hydrogen (secondary N) is 1. The summed E-state index contributed by atoms with van der Waals surface area (Å²) in [5.41, 5.74) is 2.75. The zero-order chi connectivity index (χ0) is 16.5. The molecule has 1 aliphatic heterocycles. The normalized spacial score (nSPS) is 15.8. The molecule has 0 aliphatic carbocycles. The zero-order valence-corrected chi connectivity index (χ0v) is 14.3. The summed E-state index contributed by atoms with van der Waals surface area (Å²) in [6, 6.07) is 10.3. The number of benzene rings is 1. The number of rotatable bonds is 3. The first kappa shape index (κ1) is 15.4. The summed E-state index contributed by atoms with van der Waals surface area (Å²) in [6.45, 7) is 2.02. The number of hydrogen-bond acceptors (Lipinski definition) is 4. The van der Waals surface area contributed by atoms with Crippen LogP contribution in [0.3, 0.4) is 0 Å². The van der Waals surface area contributed by atoms with E-state index in [1.165, 1.54) is 0 Å². The first-order chi connectivity index (χ1) is 11.8. The van der Waals surface area contributed by atoms with Crippen LogP contribution in [-0.2, 0) is 0 Å². The molecule has 2 aromatic heterocycles. The average molecular weight is 343 g/mol. The van der Waals surface area contributed by atoms with E-state index in [1.54, 1.807) is 13.3 Å². The Kier molecular flexibility index (Phi) is 4.12. The van der Waals surface area contributed by atoms with Gasteiger partial charge in [-0.3, -0.25) is 0 Å². The van der Waals surface area contributed by atoms with Crippen molar-refractivity contribution < 1.29 is 4.74 Å². The molecule has 3 heterocycles. The number of imidazole rings is 1. The van der Waals surface area contributed by atoms with Gasteiger partial charge in [0.25, 0.3) is 0 Å². The summed E-state index contributed by atoms with van der Waals surface area (Å²) < 4.78 is 7.64. The molecule has 0 atom stereocenters. The Balaban J connectivity index is 1.92. The van der Waals surface area contributed by atoms with Crippen LogP contribution in [0, 0.1) is 0 Å². The lowest BCUT2D eigenvalue weighted by atomic mass is 10.1. The molecule has 0 unspecified atom stereocenters. The van der Waals surface area contributed by atoms with Gasteiger partial charge in [-0.05, 0) is 44.1 Å². The Morgan fingerprint density at radius 1 is 1.25 bits per heavy atom. The molecule has 1 saturated heterocycles. The average Bonchev–Trinajstić information content (AvgIpc) is 3.01. The third kappa shape index (κ3) is 2.74. The number of aromatic nitrogens is 3. The fraction of sp³-hybridized carbons (Fsp3) is 0.333. The number of ether oxygens (including phenoxy) is 1. The van der Waals surface area contributed by atoms with E-state index in [1.807, 2.05) is 24.3 Å². The summed E-state index contributed by atoms with van der Waals surface area (Å²) >= 11 is 6.12. The van der Waals surface area contributed by atoms with Gasteiger partial charge in [0, 0.05) is 17.8 Å². The number of halogens is 1. The summed E-state index contributed by atoms with van der Waals surface area (Å²) in [5.74, 6) is 1.74. The lowest BCUT2D eigenvalue weighted by Gasteiger charge is -2.26. The molecule has 6 heteroatoms. The highest BCUT2D eigenvalue weighted by molar-refractivity contribution is 6.31. The van der Waals surface area contributed by atoms with E-state index < -0.39 is 0 Å². The number of hydrogen-bond donors (Lipinski definition) is 1. The Hall–Kier alpha value is -2.11. The van der Waals surface area contributed by atoms with Crippen LogP contribution in [0.2, 0.25) is 5.02 Å². The Bertz CT molecular complexity index is 871. The minimum Gasteiger partial charge on any atom is -0.497 e. The van der Waals surface area contributed by atoms with Crippen molar-refractivity contribution in [1.82, 2.24) is 19.9 Å². The van der Waals surface area contributed by atoms with E-state index in [-0.39, 0.29) is 0 Å². The second-order valence-electron chi connectivity index (χ2n) is 6.01. The van der Waals surface area contributed by atoms with Crippen LogP contribution in [0.1, 0.15) is 18.9 Å². The maximum atomic E-state index is 6.12. The predicted molar refractivity (Wildman–Crippen MR) is 95.7 cm³/mol. The van der Waals surface area contributed by atoms with E-state index in [0.717, 1.165) is 54.2 Å². The number of nitrogens with zero attached hydrogens (tertiary/aromatic N) is 3. The molecule has 3 aromatic rings. The van der Waals surface area contributed by atoms with Crippen molar-refractivity contribution in [2.45, 2.75) is 18.9 Å². The highest BCUT2D eigenvalue weighted by Crippen LogP contribution is 2.33. The van der Waals surface area contributed by atoms with Crippen LogP contribution < -0.4 is 10.1 Å². The van der Waals surface area contributed by atoms with Crippen molar-refractivity contribution >= 4 is 22.8 Å². The zero-order valence-electron chi connectivity index (χ0n) is 13.5. The van der Waals surface area contributed by atoms with Crippen molar-refractivity contribution in [1.29, 1.82) is 0 Å². The molecule has 0 bridgehead atoms. The summed E-state index contributed by atoms with van der Waals surface area (Å²) in [5, 5.41) is 4.02. The number of piperidine rings is 1. The van der Waals surface area contributed by atoms with E-state index >= 15 is 0 Å². The van der Waals surface area contributed by atoms with E-state index in [4.69, 9.17) is 21.3 Å². The largest absolute Gasteiger partial charge is 0.497 e. The predicted octanol–water partition coefficient (Wildman–Crippen LogP) is 3.68. The van der Waals surface area contributed by atoms with Gasteiger partial charge in [-0.15, -0.1) is 0 Å². The molecule has 1 aliphatic rings. The lowest BCUT2D eigenvalue weighted by molar-refractivity contribution is 0.376. The quantitative estimate of drug-likeness (QED) is 0.788. The molecule has 0 spiro atoms. The molecular formula is C18H19ClN4O. The second kappa shape index (κ2) is 6.42. The van der Waals surface area contributed by atoms with E-state index in [9.17, 15) is 0 Å². The first-order valence-corrected chi connectivity index (χ1v) is 8.52. The van der Waals surface area contributed by atoms with Gasteiger partial charge in [-0.1, -0.05) is 23.7 Å². The third-order valence-corrected chi connectivity index (χ3v) is 4.71.